The summed E-state index contributed by atoms with van der Waals surface area (Å²) in [5, 5.41) is 3.43. The van der Waals surface area contributed by atoms with Crippen LogP contribution in [-0.2, 0) is 6.42 Å². The van der Waals surface area contributed by atoms with Gasteiger partial charge in [-0.2, -0.15) is 0 Å². The van der Waals surface area contributed by atoms with Crippen molar-refractivity contribution >= 4 is 0 Å². The molecular weight excluding hydrogens is 261 g/mol. The zero-order chi connectivity index (χ0) is 14.4. The van der Waals surface area contributed by atoms with Crippen LogP contribution in [-0.4, -0.2) is 7.05 Å². The van der Waals surface area contributed by atoms with Gasteiger partial charge in [-0.1, -0.05) is 36.4 Å². The normalized spacial score (nSPS) is 27.6. The van der Waals surface area contributed by atoms with Crippen molar-refractivity contribution in [3.63, 3.8) is 0 Å². The number of aryl methyl sites for hydroxylation is 1. The average molecular weight is 281 g/mol. The van der Waals surface area contributed by atoms with Crippen LogP contribution in [0.3, 0.4) is 0 Å². The molecule has 1 saturated carbocycles. The molecule has 0 amide bonds. The van der Waals surface area contributed by atoms with Crippen molar-refractivity contribution in [2.45, 2.75) is 24.8 Å². The summed E-state index contributed by atoms with van der Waals surface area (Å²) in [5.41, 5.74) is 4.11. The van der Waals surface area contributed by atoms with Crippen LogP contribution in [0.15, 0.2) is 48.5 Å². The quantitative estimate of drug-likeness (QED) is 0.894. The Morgan fingerprint density at radius 2 is 2.00 bits per heavy atom. The lowest BCUT2D eigenvalue weighted by atomic mass is 9.92. The Morgan fingerprint density at radius 3 is 2.81 bits per heavy atom. The Hall–Kier alpha value is -1.67. The van der Waals surface area contributed by atoms with E-state index in [2.05, 4.69) is 29.6 Å². The van der Waals surface area contributed by atoms with Crippen LogP contribution < -0.4 is 5.32 Å². The van der Waals surface area contributed by atoms with Gasteiger partial charge in [-0.25, -0.2) is 4.39 Å². The number of hydrogen-bond acceptors (Lipinski definition) is 1. The van der Waals surface area contributed by atoms with Gasteiger partial charge >= 0.3 is 0 Å². The maximum absolute atomic E-state index is 13.5. The minimum absolute atomic E-state index is 0.142. The van der Waals surface area contributed by atoms with Gasteiger partial charge in [-0.05, 0) is 66.5 Å². The molecule has 0 aromatic heterocycles. The molecule has 0 spiro atoms. The highest BCUT2D eigenvalue weighted by molar-refractivity contribution is 5.41. The maximum Gasteiger partial charge on any atom is 0.123 e. The van der Waals surface area contributed by atoms with Gasteiger partial charge in [0.2, 0.25) is 0 Å². The Bertz CT molecular complexity index is 666. The second-order valence-electron chi connectivity index (χ2n) is 6.33. The minimum Gasteiger partial charge on any atom is -0.313 e. The van der Waals surface area contributed by atoms with Crippen LogP contribution in [0.4, 0.5) is 4.39 Å². The van der Waals surface area contributed by atoms with E-state index in [9.17, 15) is 4.39 Å². The van der Waals surface area contributed by atoms with E-state index < -0.39 is 0 Å². The van der Waals surface area contributed by atoms with Gasteiger partial charge in [0.1, 0.15) is 5.82 Å². The lowest BCUT2D eigenvalue weighted by molar-refractivity contribution is 0.481. The molecule has 1 fully saturated rings. The molecule has 0 saturated heterocycles. The summed E-state index contributed by atoms with van der Waals surface area (Å²) in [6.07, 6.45) is 2.45. The Morgan fingerprint density at radius 1 is 1.14 bits per heavy atom. The summed E-state index contributed by atoms with van der Waals surface area (Å²) < 4.78 is 13.5. The first kappa shape index (κ1) is 13.0. The molecule has 4 rings (SSSR count). The number of fused-ring (bicyclic) bond motifs is 3. The van der Waals surface area contributed by atoms with Gasteiger partial charge < -0.3 is 5.32 Å². The predicted molar refractivity (Wildman–Crippen MR) is 82.7 cm³/mol. The van der Waals surface area contributed by atoms with Gasteiger partial charge in [-0.15, -0.1) is 0 Å². The topological polar surface area (TPSA) is 12.0 Å². The fourth-order valence-electron chi connectivity index (χ4n) is 4.36. The summed E-state index contributed by atoms with van der Waals surface area (Å²) in [4.78, 5) is 0. The fourth-order valence-corrected chi connectivity index (χ4v) is 4.36. The molecule has 108 valence electrons. The van der Waals surface area contributed by atoms with Crippen molar-refractivity contribution in [2.75, 3.05) is 7.05 Å². The first-order valence-electron chi connectivity index (χ1n) is 7.80. The van der Waals surface area contributed by atoms with Crippen LogP contribution in [0.1, 0.15) is 35.1 Å². The molecule has 4 unspecified atom stereocenters. The summed E-state index contributed by atoms with van der Waals surface area (Å²) in [6, 6.07) is 16.1. The SMILES string of the molecule is CNC(c1cccc(F)c1)C1C2CCc3ccccc3C21. The molecule has 2 aliphatic carbocycles. The van der Waals surface area contributed by atoms with E-state index in [1.807, 2.05) is 19.2 Å². The second-order valence-corrected chi connectivity index (χ2v) is 6.33. The van der Waals surface area contributed by atoms with Crippen LogP contribution in [0.5, 0.6) is 0 Å². The van der Waals surface area contributed by atoms with E-state index >= 15 is 0 Å². The molecule has 0 heterocycles. The van der Waals surface area contributed by atoms with E-state index in [1.54, 1.807) is 6.07 Å². The van der Waals surface area contributed by atoms with Gasteiger partial charge in [0.25, 0.3) is 0 Å². The highest BCUT2D eigenvalue weighted by atomic mass is 19.1. The smallest absolute Gasteiger partial charge is 0.123 e. The molecule has 2 heteroatoms. The van der Waals surface area contributed by atoms with E-state index in [0.29, 0.717) is 11.8 Å². The van der Waals surface area contributed by atoms with Crippen molar-refractivity contribution in [1.29, 1.82) is 0 Å². The number of rotatable bonds is 3. The Balaban J connectivity index is 1.66. The van der Waals surface area contributed by atoms with E-state index in [-0.39, 0.29) is 11.9 Å². The first-order chi connectivity index (χ1) is 10.3. The molecule has 0 bridgehead atoms. The molecular formula is C19H20FN. The molecule has 2 aliphatic rings. The largest absolute Gasteiger partial charge is 0.313 e. The summed E-state index contributed by atoms with van der Waals surface area (Å²) in [6.45, 7) is 0. The third kappa shape index (κ3) is 2.09. The number of hydrogen-bond donors (Lipinski definition) is 1. The van der Waals surface area contributed by atoms with E-state index in [1.165, 1.54) is 30.0 Å². The fraction of sp³-hybridized carbons (Fsp3) is 0.368. The van der Waals surface area contributed by atoms with Crippen molar-refractivity contribution < 1.29 is 4.39 Å². The van der Waals surface area contributed by atoms with Crippen molar-refractivity contribution in [3.8, 4) is 0 Å². The number of nitrogens with one attached hydrogen (secondary N) is 1. The Kier molecular flexibility index (Phi) is 3.07. The van der Waals surface area contributed by atoms with Crippen LogP contribution in [0.25, 0.3) is 0 Å². The summed E-state index contributed by atoms with van der Waals surface area (Å²) in [5.74, 6) is 1.86. The van der Waals surface area contributed by atoms with Gasteiger partial charge in [-0.3, -0.25) is 0 Å². The highest BCUT2D eigenvalue weighted by Gasteiger charge is 2.56. The molecule has 0 aliphatic heterocycles. The van der Waals surface area contributed by atoms with E-state index in [4.69, 9.17) is 0 Å². The number of halogens is 1. The zero-order valence-electron chi connectivity index (χ0n) is 12.2. The van der Waals surface area contributed by atoms with E-state index in [0.717, 1.165) is 11.5 Å². The average Bonchev–Trinajstić information content (AvgIpc) is 3.23. The number of benzene rings is 2. The molecule has 0 radical (unpaired) electrons. The minimum atomic E-state index is -0.142. The third-order valence-corrected chi connectivity index (χ3v) is 5.29. The maximum atomic E-state index is 13.5. The van der Waals surface area contributed by atoms with Crippen molar-refractivity contribution in [1.82, 2.24) is 5.32 Å². The highest BCUT2D eigenvalue weighted by Crippen LogP contribution is 2.64. The molecule has 1 nitrogen and oxygen atoms in total. The van der Waals surface area contributed by atoms with Crippen LogP contribution in [0, 0.1) is 17.7 Å². The summed E-state index contributed by atoms with van der Waals surface area (Å²) in [7, 11) is 1.99. The Labute approximate surface area is 125 Å². The van der Waals surface area contributed by atoms with Crippen molar-refractivity contribution in [2.24, 2.45) is 11.8 Å². The van der Waals surface area contributed by atoms with Crippen molar-refractivity contribution in [3.05, 3.63) is 71.0 Å². The van der Waals surface area contributed by atoms with Gasteiger partial charge in [0.15, 0.2) is 0 Å². The third-order valence-electron chi connectivity index (χ3n) is 5.29. The van der Waals surface area contributed by atoms with Gasteiger partial charge in [0, 0.05) is 6.04 Å². The molecule has 2 aromatic rings. The molecule has 2 aromatic carbocycles. The second kappa shape index (κ2) is 4.96. The summed E-state index contributed by atoms with van der Waals surface area (Å²) >= 11 is 0. The zero-order valence-corrected chi connectivity index (χ0v) is 12.2. The van der Waals surface area contributed by atoms with Crippen LogP contribution >= 0.6 is 0 Å². The van der Waals surface area contributed by atoms with Crippen LogP contribution in [0.2, 0.25) is 0 Å². The lowest BCUT2D eigenvalue weighted by Gasteiger charge is -2.17. The lowest BCUT2D eigenvalue weighted by Crippen LogP contribution is -2.19. The molecule has 4 atom stereocenters. The first-order valence-corrected chi connectivity index (χ1v) is 7.80. The monoisotopic (exact) mass is 281 g/mol. The standard InChI is InChI=1S/C19H20FN/c1-21-19(13-6-4-7-14(20)11-13)18-16-10-9-12-5-2-3-8-15(12)17(16)18/h2-8,11,16-19,21H,9-10H2,1H3. The molecule has 21 heavy (non-hydrogen) atoms. The van der Waals surface area contributed by atoms with Gasteiger partial charge in [0.05, 0.1) is 0 Å². The molecule has 1 N–H and O–H groups in total. The predicted octanol–water partition coefficient (Wildman–Crippen LogP) is 4.06.